The summed E-state index contributed by atoms with van der Waals surface area (Å²) in [6.45, 7) is 11.9. The van der Waals surface area contributed by atoms with Gasteiger partial charge in [-0.2, -0.15) is 0 Å². The van der Waals surface area contributed by atoms with Gasteiger partial charge in [-0.15, -0.1) is 0 Å². The lowest BCUT2D eigenvalue weighted by molar-refractivity contribution is -0.139. The average molecular weight is 235 g/mol. The van der Waals surface area contributed by atoms with Crippen molar-refractivity contribution in [3.05, 3.63) is 0 Å². The van der Waals surface area contributed by atoms with Crippen LogP contribution in [0.1, 0.15) is 41.5 Å². The highest BCUT2D eigenvalue weighted by Gasteiger charge is 2.19. The molecule has 0 amide bonds. The third kappa shape index (κ3) is 15.8. The molecule has 0 aliphatic rings. The zero-order chi connectivity index (χ0) is 13.6. The van der Waals surface area contributed by atoms with Gasteiger partial charge in [0.05, 0.1) is 17.8 Å². The zero-order valence-electron chi connectivity index (χ0n) is 11.1. The molecule has 0 radical (unpaired) electrons. The van der Waals surface area contributed by atoms with E-state index in [1.807, 2.05) is 0 Å². The Morgan fingerprint density at radius 3 is 1.50 bits per heavy atom. The number of aliphatic hydroxyl groups excluding tert-OH is 1. The van der Waals surface area contributed by atoms with Gasteiger partial charge in [-0.3, -0.25) is 4.79 Å². The lowest BCUT2D eigenvalue weighted by Crippen LogP contribution is -2.33. The molecule has 0 fully saturated rings. The Morgan fingerprint density at radius 1 is 1.19 bits per heavy atom. The molecule has 1 atom stereocenters. The molecular weight excluding hydrogens is 210 g/mol. The maximum Gasteiger partial charge on any atom is 0.322 e. The molecule has 0 aliphatic carbocycles. The Bertz CT molecular complexity index is 191. The summed E-state index contributed by atoms with van der Waals surface area (Å²) in [5.74, 6) is -1.18. The summed E-state index contributed by atoms with van der Waals surface area (Å²) < 4.78 is 5.62. The van der Waals surface area contributed by atoms with Crippen LogP contribution in [0, 0.1) is 0 Å². The van der Waals surface area contributed by atoms with E-state index in [1.54, 1.807) is 0 Å². The highest BCUT2D eigenvalue weighted by atomic mass is 16.5. The van der Waals surface area contributed by atoms with Gasteiger partial charge in [-0.05, 0) is 41.5 Å². The van der Waals surface area contributed by atoms with E-state index in [4.69, 9.17) is 20.7 Å². The van der Waals surface area contributed by atoms with Crippen LogP contribution in [0.3, 0.4) is 0 Å². The SMILES string of the molecule is CC(C)(C)OC(C)(C)C.NC(CO)C(=O)O. The number of hydrogen-bond donors (Lipinski definition) is 3. The maximum absolute atomic E-state index is 9.65. The van der Waals surface area contributed by atoms with Crippen LogP contribution in [0.2, 0.25) is 0 Å². The van der Waals surface area contributed by atoms with Crippen LogP contribution < -0.4 is 5.73 Å². The van der Waals surface area contributed by atoms with Crippen LogP contribution in [0.5, 0.6) is 0 Å². The molecule has 16 heavy (non-hydrogen) atoms. The van der Waals surface area contributed by atoms with Crippen molar-refractivity contribution < 1.29 is 19.7 Å². The minimum atomic E-state index is -1.18. The minimum Gasteiger partial charge on any atom is -0.480 e. The minimum absolute atomic E-state index is 0.0156. The van der Waals surface area contributed by atoms with E-state index in [0.29, 0.717) is 0 Å². The molecule has 0 aromatic rings. The highest BCUT2D eigenvalue weighted by Crippen LogP contribution is 2.17. The van der Waals surface area contributed by atoms with Crippen LogP contribution in [-0.2, 0) is 9.53 Å². The van der Waals surface area contributed by atoms with Gasteiger partial charge in [-0.1, -0.05) is 0 Å². The highest BCUT2D eigenvalue weighted by molar-refractivity contribution is 5.73. The first-order chi connectivity index (χ1) is 6.89. The molecule has 0 saturated heterocycles. The van der Waals surface area contributed by atoms with Gasteiger partial charge in [0.1, 0.15) is 6.04 Å². The van der Waals surface area contributed by atoms with Gasteiger partial charge in [-0.25, -0.2) is 0 Å². The number of hydrogen-bond acceptors (Lipinski definition) is 4. The molecule has 0 rings (SSSR count). The zero-order valence-corrected chi connectivity index (χ0v) is 11.1. The first kappa shape index (κ1) is 17.7. The molecule has 5 heteroatoms. The Morgan fingerprint density at radius 2 is 1.50 bits per heavy atom. The second-order valence-electron chi connectivity index (χ2n) is 5.45. The monoisotopic (exact) mass is 235 g/mol. The van der Waals surface area contributed by atoms with Crippen molar-refractivity contribution in [3.63, 3.8) is 0 Å². The second kappa shape index (κ2) is 6.83. The fourth-order valence-corrected chi connectivity index (χ4v) is 0.997. The predicted molar refractivity (Wildman–Crippen MR) is 63.3 cm³/mol. The largest absolute Gasteiger partial charge is 0.480 e. The molecule has 4 N–H and O–H groups in total. The van der Waals surface area contributed by atoms with Crippen molar-refractivity contribution in [3.8, 4) is 0 Å². The lowest BCUT2D eigenvalue weighted by Gasteiger charge is -2.30. The Hall–Kier alpha value is -0.650. The maximum atomic E-state index is 9.65. The number of carbonyl (C=O) groups is 1. The number of carboxylic acids is 1. The molecule has 0 aromatic heterocycles. The Balaban J connectivity index is 0. The second-order valence-corrected chi connectivity index (χ2v) is 5.45. The smallest absolute Gasteiger partial charge is 0.322 e. The first-order valence-electron chi connectivity index (χ1n) is 5.18. The van der Waals surface area contributed by atoms with E-state index in [2.05, 4.69) is 41.5 Å². The van der Waals surface area contributed by atoms with Gasteiger partial charge >= 0.3 is 5.97 Å². The predicted octanol–water partition coefficient (Wildman–Crippen LogP) is 0.991. The van der Waals surface area contributed by atoms with E-state index in [-0.39, 0.29) is 11.2 Å². The number of aliphatic hydroxyl groups is 1. The quantitative estimate of drug-likeness (QED) is 0.663. The summed E-state index contributed by atoms with van der Waals surface area (Å²) in [6.07, 6.45) is 0. The summed E-state index contributed by atoms with van der Waals surface area (Å²) in [6, 6.07) is -1.13. The number of aliphatic carboxylic acids is 1. The summed E-state index contributed by atoms with van der Waals surface area (Å²) in [5, 5.41) is 15.9. The van der Waals surface area contributed by atoms with E-state index in [0.717, 1.165) is 0 Å². The summed E-state index contributed by atoms with van der Waals surface area (Å²) in [5.41, 5.74) is 4.73. The van der Waals surface area contributed by atoms with Gasteiger partial charge in [0.2, 0.25) is 0 Å². The Kier molecular flexibility index (Phi) is 7.57. The molecule has 0 saturated carbocycles. The van der Waals surface area contributed by atoms with Crippen LogP contribution in [0.15, 0.2) is 0 Å². The number of rotatable bonds is 2. The van der Waals surface area contributed by atoms with Crippen molar-refractivity contribution in [2.75, 3.05) is 6.61 Å². The van der Waals surface area contributed by atoms with Crippen LogP contribution in [0.4, 0.5) is 0 Å². The molecule has 0 spiro atoms. The molecule has 98 valence electrons. The molecule has 0 heterocycles. The molecule has 0 aliphatic heterocycles. The molecule has 0 aromatic carbocycles. The number of nitrogens with two attached hydrogens (primary N) is 1. The van der Waals surface area contributed by atoms with E-state index in [9.17, 15) is 4.79 Å². The van der Waals surface area contributed by atoms with Gasteiger partial charge in [0.15, 0.2) is 0 Å². The molecule has 1 unspecified atom stereocenters. The topological polar surface area (TPSA) is 92.8 Å². The van der Waals surface area contributed by atoms with Gasteiger partial charge < -0.3 is 20.7 Å². The number of ether oxygens (including phenoxy) is 1. The van der Waals surface area contributed by atoms with Crippen molar-refractivity contribution in [1.82, 2.24) is 0 Å². The van der Waals surface area contributed by atoms with Gasteiger partial charge in [0, 0.05) is 0 Å². The van der Waals surface area contributed by atoms with Crippen molar-refractivity contribution in [1.29, 1.82) is 0 Å². The standard InChI is InChI=1S/C8H18O.C3H7NO3/c1-7(2,3)9-8(4,5)6;4-2(1-5)3(6)7/h1-6H3;2,5H,1,4H2,(H,6,7). The molecule has 0 bridgehead atoms. The number of carboxylic acid groups (broad SMARTS) is 1. The van der Waals surface area contributed by atoms with E-state index >= 15 is 0 Å². The van der Waals surface area contributed by atoms with E-state index < -0.39 is 18.6 Å². The van der Waals surface area contributed by atoms with Gasteiger partial charge in [0.25, 0.3) is 0 Å². The summed E-state index contributed by atoms with van der Waals surface area (Å²) in [7, 11) is 0. The third-order valence-corrected chi connectivity index (χ3v) is 1.13. The summed E-state index contributed by atoms with van der Waals surface area (Å²) >= 11 is 0. The van der Waals surface area contributed by atoms with Crippen molar-refractivity contribution in [2.45, 2.75) is 58.8 Å². The van der Waals surface area contributed by atoms with Crippen LogP contribution >= 0.6 is 0 Å². The van der Waals surface area contributed by atoms with Crippen molar-refractivity contribution >= 4 is 5.97 Å². The molecule has 5 nitrogen and oxygen atoms in total. The van der Waals surface area contributed by atoms with Crippen LogP contribution in [-0.4, -0.2) is 40.0 Å². The first-order valence-corrected chi connectivity index (χ1v) is 5.18. The molecular formula is C11H25NO4. The fourth-order valence-electron chi connectivity index (χ4n) is 0.997. The fraction of sp³-hybridized carbons (Fsp3) is 0.909. The summed E-state index contributed by atoms with van der Waals surface area (Å²) in [4.78, 5) is 9.65. The Labute approximate surface area is 97.6 Å². The van der Waals surface area contributed by atoms with Crippen LogP contribution in [0.25, 0.3) is 0 Å². The van der Waals surface area contributed by atoms with Crippen molar-refractivity contribution in [2.24, 2.45) is 5.73 Å². The van der Waals surface area contributed by atoms with E-state index in [1.165, 1.54) is 0 Å². The third-order valence-electron chi connectivity index (χ3n) is 1.13. The average Bonchev–Trinajstić information content (AvgIpc) is 1.96. The normalized spacial score (nSPS) is 13.8. The lowest BCUT2D eigenvalue weighted by atomic mass is 10.1.